The standard InChI is InChI=1S/C17H26N2O/c1-2-16(14-8-4-3-5-9-14)19-12-13-7-6-10-15(11-13)17(18)20/h6-7,10-11,14,16,19H,2-5,8-9,12H2,1H3,(H2,18,20). The van der Waals surface area contributed by atoms with Crippen LogP contribution in [0.5, 0.6) is 0 Å². The number of nitrogens with two attached hydrogens (primary N) is 1. The predicted octanol–water partition coefficient (Wildman–Crippen LogP) is 3.23. The van der Waals surface area contributed by atoms with Crippen molar-refractivity contribution in [2.45, 2.75) is 58.0 Å². The van der Waals surface area contributed by atoms with Gasteiger partial charge in [-0.25, -0.2) is 0 Å². The third-order valence-corrected chi connectivity index (χ3v) is 4.44. The van der Waals surface area contributed by atoms with Gasteiger partial charge in [-0.1, -0.05) is 38.3 Å². The van der Waals surface area contributed by atoms with Gasteiger partial charge in [0.25, 0.3) is 0 Å². The molecule has 1 atom stereocenters. The van der Waals surface area contributed by atoms with Gasteiger partial charge >= 0.3 is 0 Å². The summed E-state index contributed by atoms with van der Waals surface area (Å²) in [6.45, 7) is 3.07. The van der Waals surface area contributed by atoms with Crippen LogP contribution in [0.15, 0.2) is 24.3 Å². The molecule has 1 unspecified atom stereocenters. The lowest BCUT2D eigenvalue weighted by atomic mass is 9.83. The van der Waals surface area contributed by atoms with Crippen molar-refractivity contribution in [3.8, 4) is 0 Å². The minimum atomic E-state index is -0.355. The van der Waals surface area contributed by atoms with Crippen LogP contribution in [0.25, 0.3) is 0 Å². The highest BCUT2D eigenvalue weighted by Gasteiger charge is 2.21. The molecule has 0 bridgehead atoms. The van der Waals surface area contributed by atoms with Gasteiger partial charge < -0.3 is 11.1 Å². The van der Waals surface area contributed by atoms with E-state index in [2.05, 4.69) is 12.2 Å². The number of carbonyl (C=O) groups is 1. The molecular formula is C17H26N2O. The Morgan fingerprint density at radius 2 is 2.10 bits per heavy atom. The van der Waals surface area contributed by atoms with Gasteiger partial charge in [0.15, 0.2) is 0 Å². The second-order valence-electron chi connectivity index (χ2n) is 5.86. The largest absolute Gasteiger partial charge is 0.366 e. The molecule has 1 saturated carbocycles. The fraction of sp³-hybridized carbons (Fsp3) is 0.588. The monoisotopic (exact) mass is 274 g/mol. The number of nitrogens with one attached hydrogen (secondary N) is 1. The molecule has 1 aliphatic rings. The summed E-state index contributed by atoms with van der Waals surface area (Å²) in [5.74, 6) is 0.458. The van der Waals surface area contributed by atoms with Crippen LogP contribution in [0.3, 0.4) is 0 Å². The highest BCUT2D eigenvalue weighted by atomic mass is 16.1. The van der Waals surface area contributed by atoms with E-state index in [1.807, 2.05) is 18.2 Å². The first-order chi connectivity index (χ1) is 9.70. The van der Waals surface area contributed by atoms with Crippen LogP contribution in [0.4, 0.5) is 0 Å². The average Bonchev–Trinajstić information content (AvgIpc) is 2.49. The molecule has 20 heavy (non-hydrogen) atoms. The van der Waals surface area contributed by atoms with Crippen molar-refractivity contribution in [2.75, 3.05) is 0 Å². The van der Waals surface area contributed by atoms with Crippen molar-refractivity contribution < 1.29 is 4.79 Å². The molecule has 1 aliphatic carbocycles. The van der Waals surface area contributed by atoms with Gasteiger partial charge in [-0.15, -0.1) is 0 Å². The molecule has 0 spiro atoms. The summed E-state index contributed by atoms with van der Waals surface area (Å²) < 4.78 is 0. The topological polar surface area (TPSA) is 55.1 Å². The Hall–Kier alpha value is -1.35. The lowest BCUT2D eigenvalue weighted by Gasteiger charge is -2.30. The van der Waals surface area contributed by atoms with Crippen molar-refractivity contribution in [1.29, 1.82) is 0 Å². The van der Waals surface area contributed by atoms with E-state index in [1.54, 1.807) is 6.07 Å². The maximum atomic E-state index is 11.2. The van der Waals surface area contributed by atoms with Crippen molar-refractivity contribution in [3.63, 3.8) is 0 Å². The summed E-state index contributed by atoms with van der Waals surface area (Å²) in [5.41, 5.74) is 7.05. The van der Waals surface area contributed by atoms with Crippen LogP contribution in [0, 0.1) is 5.92 Å². The number of carbonyl (C=O) groups excluding carboxylic acids is 1. The smallest absolute Gasteiger partial charge is 0.248 e. The zero-order chi connectivity index (χ0) is 14.4. The molecule has 1 aromatic rings. The summed E-state index contributed by atoms with van der Waals surface area (Å²) in [4.78, 5) is 11.2. The molecule has 0 heterocycles. The lowest BCUT2D eigenvalue weighted by molar-refractivity contribution is 0.1000. The van der Waals surface area contributed by atoms with Gasteiger partial charge in [-0.05, 0) is 42.9 Å². The minimum Gasteiger partial charge on any atom is -0.366 e. The van der Waals surface area contributed by atoms with Crippen LogP contribution >= 0.6 is 0 Å². The van der Waals surface area contributed by atoms with Gasteiger partial charge in [0.2, 0.25) is 5.91 Å². The summed E-state index contributed by atoms with van der Waals surface area (Å²) in [6.07, 6.45) is 8.02. The number of hydrogen-bond donors (Lipinski definition) is 2. The first kappa shape index (κ1) is 15.0. The Morgan fingerprint density at radius 3 is 2.75 bits per heavy atom. The summed E-state index contributed by atoms with van der Waals surface area (Å²) >= 11 is 0. The Bertz CT molecular complexity index is 438. The average molecular weight is 274 g/mol. The van der Waals surface area contributed by atoms with E-state index in [-0.39, 0.29) is 5.91 Å². The van der Waals surface area contributed by atoms with E-state index in [0.717, 1.165) is 18.0 Å². The first-order valence-corrected chi connectivity index (χ1v) is 7.83. The van der Waals surface area contributed by atoms with Crippen molar-refractivity contribution in [1.82, 2.24) is 5.32 Å². The van der Waals surface area contributed by atoms with E-state index in [0.29, 0.717) is 11.6 Å². The van der Waals surface area contributed by atoms with E-state index < -0.39 is 0 Å². The summed E-state index contributed by atoms with van der Waals surface area (Å²) in [7, 11) is 0. The summed E-state index contributed by atoms with van der Waals surface area (Å²) in [6, 6.07) is 8.20. The summed E-state index contributed by atoms with van der Waals surface area (Å²) in [5, 5.41) is 3.67. The van der Waals surface area contributed by atoms with E-state index in [4.69, 9.17) is 5.73 Å². The first-order valence-electron chi connectivity index (χ1n) is 7.83. The SMILES string of the molecule is CCC(NCc1cccc(C(N)=O)c1)C1CCCCC1. The minimum absolute atomic E-state index is 0.355. The van der Waals surface area contributed by atoms with E-state index in [9.17, 15) is 4.79 Å². The fourth-order valence-corrected chi connectivity index (χ4v) is 3.26. The Kier molecular flexibility index (Phi) is 5.60. The molecule has 0 aliphatic heterocycles. The molecule has 0 aromatic heterocycles. The van der Waals surface area contributed by atoms with Crippen LogP contribution < -0.4 is 11.1 Å². The van der Waals surface area contributed by atoms with Crippen LogP contribution in [0.1, 0.15) is 61.4 Å². The molecular weight excluding hydrogens is 248 g/mol. The third kappa shape index (κ3) is 4.07. The van der Waals surface area contributed by atoms with Gasteiger partial charge in [-0.2, -0.15) is 0 Å². The van der Waals surface area contributed by atoms with Crippen LogP contribution in [-0.2, 0) is 6.54 Å². The predicted molar refractivity (Wildman–Crippen MR) is 82.5 cm³/mol. The Labute approximate surface area is 121 Å². The highest BCUT2D eigenvalue weighted by molar-refractivity contribution is 5.92. The molecule has 0 saturated heterocycles. The molecule has 1 amide bonds. The molecule has 3 heteroatoms. The van der Waals surface area contributed by atoms with E-state index in [1.165, 1.54) is 38.5 Å². The van der Waals surface area contributed by atoms with Crippen molar-refractivity contribution >= 4 is 5.91 Å². The second-order valence-corrected chi connectivity index (χ2v) is 5.86. The third-order valence-electron chi connectivity index (χ3n) is 4.44. The van der Waals surface area contributed by atoms with Crippen molar-refractivity contribution in [2.24, 2.45) is 11.7 Å². The quantitative estimate of drug-likeness (QED) is 0.836. The molecule has 3 N–H and O–H groups in total. The number of rotatable bonds is 6. The number of primary amides is 1. The lowest BCUT2D eigenvalue weighted by Crippen LogP contribution is -2.36. The van der Waals surface area contributed by atoms with Crippen LogP contribution in [-0.4, -0.2) is 11.9 Å². The van der Waals surface area contributed by atoms with Gasteiger partial charge in [0, 0.05) is 18.2 Å². The normalized spacial score (nSPS) is 17.9. The van der Waals surface area contributed by atoms with Gasteiger partial charge in [-0.3, -0.25) is 4.79 Å². The number of benzene rings is 1. The van der Waals surface area contributed by atoms with Crippen molar-refractivity contribution in [3.05, 3.63) is 35.4 Å². The maximum absolute atomic E-state index is 11.2. The Morgan fingerprint density at radius 1 is 1.35 bits per heavy atom. The zero-order valence-electron chi connectivity index (χ0n) is 12.4. The highest BCUT2D eigenvalue weighted by Crippen LogP contribution is 2.27. The molecule has 0 radical (unpaired) electrons. The van der Waals surface area contributed by atoms with Gasteiger partial charge in [0.1, 0.15) is 0 Å². The zero-order valence-corrected chi connectivity index (χ0v) is 12.4. The molecule has 110 valence electrons. The number of amides is 1. The van der Waals surface area contributed by atoms with Crippen LogP contribution in [0.2, 0.25) is 0 Å². The Balaban J connectivity index is 1.92. The van der Waals surface area contributed by atoms with Gasteiger partial charge in [0.05, 0.1) is 0 Å². The van der Waals surface area contributed by atoms with E-state index >= 15 is 0 Å². The fourth-order valence-electron chi connectivity index (χ4n) is 3.26. The molecule has 1 fully saturated rings. The number of hydrogen-bond acceptors (Lipinski definition) is 2. The second kappa shape index (κ2) is 7.44. The molecule has 3 nitrogen and oxygen atoms in total. The molecule has 2 rings (SSSR count). The maximum Gasteiger partial charge on any atom is 0.248 e. The molecule has 1 aromatic carbocycles.